The van der Waals surface area contributed by atoms with Crippen LogP contribution < -0.4 is 14.9 Å². The number of carbonyl (C=O) groups is 1. The number of rotatable bonds is 7. The lowest BCUT2D eigenvalue weighted by atomic mass is 9.97. The number of anilines is 2. The zero-order valence-electron chi connectivity index (χ0n) is 18.8. The number of hydrogen-bond donors (Lipinski definition) is 2. The molecular weight excluding hydrogens is 458 g/mol. The molecule has 174 valence electrons. The lowest BCUT2D eigenvalue weighted by molar-refractivity contribution is 0.0981. The Bertz CT molecular complexity index is 1240. The largest absolute Gasteiger partial charge is 0.365 e. The minimum atomic E-state index is -4.18. The molecule has 0 saturated carbocycles. The maximum Gasteiger partial charge on any atom is 0.281 e. The highest BCUT2D eigenvalue weighted by atomic mass is 32.2. The van der Waals surface area contributed by atoms with Gasteiger partial charge in [0, 0.05) is 23.2 Å². The van der Waals surface area contributed by atoms with Gasteiger partial charge in [0.2, 0.25) is 0 Å². The highest BCUT2D eigenvalue weighted by Gasteiger charge is 2.39. The first-order valence-electron chi connectivity index (χ1n) is 10.7. The summed E-state index contributed by atoms with van der Waals surface area (Å²) in [5.41, 5.74) is 0.0291. The number of hydrogen-bond acceptors (Lipinski definition) is 8. The standard InChI is InChI=1S/C23H27N5O3S2/c1-16-13-23(2,3)28(15-16)21-18(8-5-11-24-21)22(29)27-33(30,31)20-10-4-9-19(26-20)25-14-17-7-6-12-32-17/h4-12,16H,13-15H2,1-3H3,(H,25,26)(H,27,29). The normalized spacial score (nSPS) is 17.7. The van der Waals surface area contributed by atoms with Crippen molar-refractivity contribution in [3.8, 4) is 0 Å². The van der Waals surface area contributed by atoms with Gasteiger partial charge in [0.1, 0.15) is 11.6 Å². The third-order valence-corrected chi connectivity index (χ3v) is 7.72. The van der Waals surface area contributed by atoms with Crippen LogP contribution in [0.15, 0.2) is 59.1 Å². The van der Waals surface area contributed by atoms with Gasteiger partial charge in [0.25, 0.3) is 15.9 Å². The Morgan fingerprint density at radius 2 is 2.03 bits per heavy atom. The highest BCUT2D eigenvalue weighted by Crippen LogP contribution is 2.37. The van der Waals surface area contributed by atoms with Crippen LogP contribution in [0, 0.1) is 5.92 Å². The van der Waals surface area contributed by atoms with Gasteiger partial charge in [-0.1, -0.05) is 19.1 Å². The van der Waals surface area contributed by atoms with Crippen molar-refractivity contribution < 1.29 is 13.2 Å². The summed E-state index contributed by atoms with van der Waals surface area (Å²) in [7, 11) is -4.18. The monoisotopic (exact) mass is 485 g/mol. The Balaban J connectivity index is 1.54. The van der Waals surface area contributed by atoms with Crippen LogP contribution in [-0.2, 0) is 16.6 Å². The van der Waals surface area contributed by atoms with E-state index in [1.807, 2.05) is 17.5 Å². The summed E-state index contributed by atoms with van der Waals surface area (Å²) in [6, 6.07) is 11.8. The van der Waals surface area contributed by atoms with Crippen molar-refractivity contribution in [1.82, 2.24) is 14.7 Å². The average molecular weight is 486 g/mol. The summed E-state index contributed by atoms with van der Waals surface area (Å²) in [5.74, 6) is 0.606. The molecule has 33 heavy (non-hydrogen) atoms. The number of pyridine rings is 2. The van der Waals surface area contributed by atoms with Gasteiger partial charge in [-0.05, 0) is 61.9 Å². The number of nitrogens with zero attached hydrogens (tertiary/aromatic N) is 3. The van der Waals surface area contributed by atoms with Crippen molar-refractivity contribution in [2.24, 2.45) is 5.92 Å². The predicted octanol–water partition coefficient (Wildman–Crippen LogP) is 3.89. The smallest absolute Gasteiger partial charge is 0.281 e. The van der Waals surface area contributed by atoms with Crippen LogP contribution in [0.25, 0.3) is 0 Å². The topological polar surface area (TPSA) is 104 Å². The van der Waals surface area contributed by atoms with E-state index in [1.54, 1.807) is 41.8 Å². The van der Waals surface area contributed by atoms with Crippen molar-refractivity contribution in [3.05, 3.63) is 64.5 Å². The molecule has 0 spiro atoms. The molecule has 3 aromatic rings. The molecule has 1 aliphatic heterocycles. The lowest BCUT2D eigenvalue weighted by Gasteiger charge is -2.33. The predicted molar refractivity (Wildman–Crippen MR) is 130 cm³/mol. The van der Waals surface area contributed by atoms with Gasteiger partial charge in [-0.2, -0.15) is 8.42 Å². The third kappa shape index (κ3) is 5.17. The second-order valence-corrected chi connectivity index (χ2v) is 11.5. The maximum absolute atomic E-state index is 13.1. The number of carbonyl (C=O) groups excluding carboxylic acids is 1. The molecule has 1 fully saturated rings. The van der Waals surface area contributed by atoms with Gasteiger partial charge in [-0.25, -0.2) is 14.7 Å². The van der Waals surface area contributed by atoms with E-state index in [2.05, 4.69) is 45.7 Å². The van der Waals surface area contributed by atoms with Crippen LogP contribution in [0.2, 0.25) is 0 Å². The quantitative estimate of drug-likeness (QED) is 0.523. The summed E-state index contributed by atoms with van der Waals surface area (Å²) < 4.78 is 28.1. The Morgan fingerprint density at radius 3 is 2.73 bits per heavy atom. The fourth-order valence-electron chi connectivity index (χ4n) is 4.23. The molecule has 8 nitrogen and oxygen atoms in total. The summed E-state index contributed by atoms with van der Waals surface area (Å²) in [6.45, 7) is 7.63. The third-order valence-electron chi connectivity index (χ3n) is 5.61. The van der Waals surface area contributed by atoms with Crippen LogP contribution in [0.4, 0.5) is 11.6 Å². The van der Waals surface area contributed by atoms with E-state index in [1.165, 1.54) is 6.07 Å². The van der Waals surface area contributed by atoms with E-state index < -0.39 is 15.9 Å². The number of nitrogens with one attached hydrogen (secondary N) is 2. The molecule has 4 rings (SSSR count). The zero-order valence-corrected chi connectivity index (χ0v) is 20.4. The van der Waals surface area contributed by atoms with Crippen LogP contribution in [0.1, 0.15) is 42.4 Å². The fraction of sp³-hybridized carbons (Fsp3) is 0.348. The number of sulfonamides is 1. The highest BCUT2D eigenvalue weighted by molar-refractivity contribution is 7.90. The van der Waals surface area contributed by atoms with Crippen LogP contribution in [0.5, 0.6) is 0 Å². The second kappa shape index (κ2) is 9.11. The molecule has 1 saturated heterocycles. The van der Waals surface area contributed by atoms with Crippen molar-refractivity contribution in [3.63, 3.8) is 0 Å². The molecule has 1 amide bonds. The van der Waals surface area contributed by atoms with Gasteiger partial charge in [-0.3, -0.25) is 4.79 Å². The molecule has 0 bridgehead atoms. The first kappa shape index (κ1) is 23.2. The molecule has 4 heterocycles. The summed E-state index contributed by atoms with van der Waals surface area (Å²) in [4.78, 5) is 24.9. The Hall–Kier alpha value is -2.98. The Kier molecular flexibility index (Phi) is 6.40. The Morgan fingerprint density at radius 1 is 1.21 bits per heavy atom. The zero-order chi connectivity index (χ0) is 23.6. The first-order valence-corrected chi connectivity index (χ1v) is 13.1. The fourth-order valence-corrected chi connectivity index (χ4v) is 5.81. The van der Waals surface area contributed by atoms with Crippen LogP contribution in [-0.4, -0.2) is 36.4 Å². The maximum atomic E-state index is 13.1. The van der Waals surface area contributed by atoms with Crippen molar-refractivity contribution in [2.75, 3.05) is 16.8 Å². The summed E-state index contributed by atoms with van der Waals surface area (Å²) in [6.07, 6.45) is 2.57. The van der Waals surface area contributed by atoms with Crippen molar-refractivity contribution in [2.45, 2.75) is 44.3 Å². The molecule has 1 atom stereocenters. The molecule has 1 unspecified atom stereocenters. The van der Waals surface area contributed by atoms with Gasteiger partial charge < -0.3 is 10.2 Å². The van der Waals surface area contributed by atoms with Gasteiger partial charge >= 0.3 is 0 Å². The summed E-state index contributed by atoms with van der Waals surface area (Å²) in [5, 5.41) is 4.85. The molecule has 1 aliphatic rings. The molecule has 0 aromatic carbocycles. The number of thiophene rings is 1. The van der Waals surface area contributed by atoms with E-state index in [-0.39, 0.29) is 16.1 Å². The molecule has 0 radical (unpaired) electrons. The molecule has 3 aromatic heterocycles. The number of amides is 1. The van der Waals surface area contributed by atoms with Gasteiger partial charge in [0.05, 0.1) is 12.1 Å². The average Bonchev–Trinajstić information content (AvgIpc) is 3.38. The lowest BCUT2D eigenvalue weighted by Crippen LogP contribution is -2.41. The van der Waals surface area contributed by atoms with E-state index in [9.17, 15) is 13.2 Å². The van der Waals surface area contributed by atoms with Gasteiger partial charge in [0.15, 0.2) is 5.03 Å². The first-order chi connectivity index (χ1) is 15.7. The van der Waals surface area contributed by atoms with Gasteiger partial charge in [-0.15, -0.1) is 11.3 Å². The number of aromatic nitrogens is 2. The molecule has 10 heteroatoms. The Labute approximate surface area is 198 Å². The SMILES string of the molecule is CC1CN(c2ncccc2C(=O)NS(=O)(=O)c2cccc(NCc3cccs3)n2)C(C)(C)C1. The molecular formula is C23H27N5O3S2. The summed E-state index contributed by atoms with van der Waals surface area (Å²) >= 11 is 1.59. The van der Waals surface area contributed by atoms with E-state index >= 15 is 0 Å². The van der Waals surface area contributed by atoms with Crippen LogP contribution >= 0.6 is 11.3 Å². The van der Waals surface area contributed by atoms with Crippen molar-refractivity contribution >= 4 is 38.9 Å². The van der Waals surface area contributed by atoms with Crippen molar-refractivity contribution in [1.29, 1.82) is 0 Å². The minimum absolute atomic E-state index is 0.189. The van der Waals surface area contributed by atoms with E-state index in [0.29, 0.717) is 24.1 Å². The van der Waals surface area contributed by atoms with Crippen LogP contribution in [0.3, 0.4) is 0 Å². The molecule has 2 N–H and O–H groups in total. The minimum Gasteiger partial charge on any atom is -0.365 e. The van der Waals surface area contributed by atoms with E-state index in [4.69, 9.17) is 0 Å². The second-order valence-electron chi connectivity index (χ2n) is 8.84. The molecule has 0 aliphatic carbocycles. The van der Waals surface area contributed by atoms with E-state index in [0.717, 1.165) is 17.8 Å².